The Labute approximate surface area is 253 Å². The van der Waals surface area contributed by atoms with Gasteiger partial charge in [-0.25, -0.2) is 22.2 Å². The first-order valence-electron chi connectivity index (χ1n) is 14.3. The molecule has 4 aromatic rings. The highest BCUT2D eigenvalue weighted by molar-refractivity contribution is 6.07. The number of benzene rings is 3. The van der Waals surface area contributed by atoms with Gasteiger partial charge in [0.25, 0.3) is 5.91 Å². The Hall–Kier alpha value is -3.95. The van der Waals surface area contributed by atoms with Crippen LogP contribution in [0.2, 0.25) is 0 Å². The van der Waals surface area contributed by atoms with Crippen LogP contribution in [0, 0.1) is 23.3 Å². The SMILES string of the molecule is CC1(C)OC[C@H]2O[C@]3(OCC[C@H]3NC(=O)c3ccc(F)c4ccccc34)[C@H](O)C(n3cc(-c4cc(F)c(F)c(F)c4)nn3)[C@H]2O1. The van der Waals surface area contributed by atoms with E-state index in [0.717, 1.165) is 12.1 Å². The van der Waals surface area contributed by atoms with Crippen LogP contribution < -0.4 is 5.32 Å². The van der Waals surface area contributed by atoms with E-state index in [4.69, 9.17) is 18.9 Å². The molecule has 1 aromatic heterocycles. The zero-order valence-corrected chi connectivity index (χ0v) is 24.0. The van der Waals surface area contributed by atoms with Crippen molar-refractivity contribution in [1.29, 1.82) is 0 Å². The molecule has 236 valence electrons. The number of amides is 1. The molecule has 3 fully saturated rings. The summed E-state index contributed by atoms with van der Waals surface area (Å²) in [5.74, 6) is -8.29. The van der Waals surface area contributed by atoms with Crippen molar-refractivity contribution in [2.24, 2.45) is 0 Å². The van der Waals surface area contributed by atoms with E-state index >= 15 is 0 Å². The third-order valence-corrected chi connectivity index (χ3v) is 8.53. The molecule has 1 amide bonds. The number of halogens is 4. The monoisotopic (exact) mass is 628 g/mol. The zero-order chi connectivity index (χ0) is 31.7. The first-order valence-corrected chi connectivity index (χ1v) is 14.3. The average molecular weight is 629 g/mol. The molecule has 0 aliphatic carbocycles. The Bertz CT molecular complexity index is 1780. The number of aromatic nitrogens is 3. The Kier molecular flexibility index (Phi) is 7.17. The highest BCUT2D eigenvalue weighted by atomic mass is 19.2. The van der Waals surface area contributed by atoms with Crippen LogP contribution in [0.1, 0.15) is 36.7 Å². The molecule has 7 rings (SSSR count). The first kappa shape index (κ1) is 29.7. The van der Waals surface area contributed by atoms with E-state index in [-0.39, 0.29) is 41.8 Å². The number of carbonyl (C=O) groups excluding carboxylic acids is 1. The van der Waals surface area contributed by atoms with Gasteiger partial charge in [-0.05, 0) is 49.9 Å². The molecule has 0 saturated carbocycles. The maximum Gasteiger partial charge on any atom is 0.252 e. The zero-order valence-electron chi connectivity index (χ0n) is 24.0. The van der Waals surface area contributed by atoms with E-state index in [9.17, 15) is 27.5 Å². The molecular weight excluding hydrogens is 600 g/mol. The fourth-order valence-electron chi connectivity index (χ4n) is 6.40. The van der Waals surface area contributed by atoms with Gasteiger partial charge in [-0.2, -0.15) is 0 Å². The third kappa shape index (κ3) is 4.97. The lowest BCUT2D eigenvalue weighted by Gasteiger charge is -2.54. The maximum atomic E-state index is 14.5. The highest BCUT2D eigenvalue weighted by Gasteiger charge is 2.64. The van der Waals surface area contributed by atoms with Crippen molar-refractivity contribution in [2.75, 3.05) is 13.2 Å². The Morgan fingerprint density at radius 2 is 1.73 bits per heavy atom. The largest absolute Gasteiger partial charge is 0.385 e. The maximum absolute atomic E-state index is 14.5. The van der Waals surface area contributed by atoms with Crippen LogP contribution in [-0.2, 0) is 18.9 Å². The molecule has 10 nitrogen and oxygen atoms in total. The van der Waals surface area contributed by atoms with Crippen LogP contribution in [-0.4, -0.2) is 75.1 Å². The van der Waals surface area contributed by atoms with Crippen molar-refractivity contribution >= 4 is 16.7 Å². The van der Waals surface area contributed by atoms with Gasteiger partial charge in [0.05, 0.1) is 25.5 Å². The molecule has 3 aliphatic heterocycles. The highest BCUT2D eigenvalue weighted by Crippen LogP contribution is 2.47. The van der Waals surface area contributed by atoms with E-state index in [2.05, 4.69) is 15.6 Å². The van der Waals surface area contributed by atoms with Crippen LogP contribution in [0.25, 0.3) is 22.0 Å². The summed E-state index contributed by atoms with van der Waals surface area (Å²) in [5.41, 5.74) is 0.149. The average Bonchev–Trinajstić information content (AvgIpc) is 3.65. The second-order valence-electron chi connectivity index (χ2n) is 11.7. The van der Waals surface area contributed by atoms with Gasteiger partial charge in [0.15, 0.2) is 23.2 Å². The summed E-state index contributed by atoms with van der Waals surface area (Å²) >= 11 is 0. The van der Waals surface area contributed by atoms with Crippen molar-refractivity contribution in [3.63, 3.8) is 0 Å². The van der Waals surface area contributed by atoms with Crippen molar-refractivity contribution in [1.82, 2.24) is 20.3 Å². The van der Waals surface area contributed by atoms with Gasteiger partial charge in [0.2, 0.25) is 5.79 Å². The third-order valence-electron chi connectivity index (χ3n) is 8.53. The molecule has 2 N–H and O–H groups in total. The minimum absolute atomic E-state index is 0.00351. The van der Waals surface area contributed by atoms with Gasteiger partial charge in [-0.15, -0.1) is 5.10 Å². The van der Waals surface area contributed by atoms with Crippen LogP contribution >= 0.6 is 0 Å². The summed E-state index contributed by atoms with van der Waals surface area (Å²) in [4.78, 5) is 13.6. The Balaban J connectivity index is 1.24. The fraction of sp³-hybridized carbons (Fsp3) is 0.387. The standard InChI is InChI=1S/C31H28F4N4O6/c1-30(2)43-14-23-27(45-30)26(39-13-22(37-38-39)15-11-20(33)25(35)21(34)12-15)28(40)31(44-23)24(9-10-42-31)36-29(41)18-7-8-19(32)17-6-4-3-5-16(17)18/h3-8,11-13,23-24,26-28,40H,9-10,14H2,1-2H3,(H,36,41)/t23-,24-,26?,27+,28-,31+/m1/s1. The van der Waals surface area contributed by atoms with Gasteiger partial charge in [0.1, 0.15) is 35.9 Å². The summed E-state index contributed by atoms with van der Waals surface area (Å²) in [7, 11) is 0. The number of ether oxygens (including phenoxy) is 4. The van der Waals surface area contributed by atoms with Crippen molar-refractivity contribution < 1.29 is 46.4 Å². The van der Waals surface area contributed by atoms with E-state index in [1.807, 2.05) is 0 Å². The number of nitrogens with one attached hydrogen (secondary N) is 1. The number of aliphatic hydroxyl groups is 1. The lowest BCUT2D eigenvalue weighted by molar-refractivity contribution is -0.402. The summed E-state index contributed by atoms with van der Waals surface area (Å²) in [6.45, 7) is 3.53. The Morgan fingerprint density at radius 3 is 2.49 bits per heavy atom. The lowest BCUT2D eigenvalue weighted by Crippen LogP contribution is -2.71. The quantitative estimate of drug-likeness (QED) is 0.257. The van der Waals surface area contributed by atoms with E-state index in [0.29, 0.717) is 5.39 Å². The van der Waals surface area contributed by atoms with Gasteiger partial charge < -0.3 is 29.4 Å². The molecule has 45 heavy (non-hydrogen) atoms. The second-order valence-corrected chi connectivity index (χ2v) is 11.7. The molecule has 4 heterocycles. The summed E-state index contributed by atoms with van der Waals surface area (Å²) < 4.78 is 81.8. The van der Waals surface area contributed by atoms with Gasteiger partial charge in [0, 0.05) is 16.5 Å². The topological polar surface area (TPSA) is 117 Å². The number of hydrogen-bond donors (Lipinski definition) is 2. The second kappa shape index (κ2) is 10.8. The number of nitrogens with zero attached hydrogens (tertiary/aromatic N) is 3. The van der Waals surface area contributed by atoms with Crippen LogP contribution in [0.5, 0.6) is 0 Å². The van der Waals surface area contributed by atoms with Crippen molar-refractivity contribution in [2.45, 2.75) is 62.2 Å². The van der Waals surface area contributed by atoms with Gasteiger partial charge in [-0.3, -0.25) is 4.79 Å². The normalized spacial score (nSPS) is 29.2. The van der Waals surface area contributed by atoms with Gasteiger partial charge >= 0.3 is 0 Å². The molecule has 1 spiro atoms. The summed E-state index contributed by atoms with van der Waals surface area (Å²) in [6, 6.07) is 8.82. The number of rotatable bonds is 4. The minimum atomic E-state index is -1.80. The number of hydrogen-bond acceptors (Lipinski definition) is 8. The first-order chi connectivity index (χ1) is 21.5. The molecule has 14 heteroatoms. The predicted octanol–water partition coefficient (Wildman–Crippen LogP) is 4.02. The Morgan fingerprint density at radius 1 is 1.00 bits per heavy atom. The summed E-state index contributed by atoms with van der Waals surface area (Å²) in [5, 5.41) is 23.8. The van der Waals surface area contributed by atoms with E-state index in [1.165, 1.54) is 23.0 Å². The molecule has 6 atom stereocenters. The van der Waals surface area contributed by atoms with E-state index in [1.54, 1.807) is 38.1 Å². The molecule has 3 saturated heterocycles. The molecule has 3 aromatic carbocycles. The van der Waals surface area contributed by atoms with Crippen LogP contribution in [0.4, 0.5) is 17.6 Å². The number of fused-ring (bicyclic) bond motifs is 2. The predicted molar refractivity (Wildman–Crippen MR) is 149 cm³/mol. The molecule has 3 aliphatic rings. The summed E-state index contributed by atoms with van der Waals surface area (Å²) in [6.07, 6.45) is -1.61. The molecule has 0 bridgehead atoms. The molecular formula is C31H28F4N4O6. The number of aliphatic hydroxyl groups excluding tert-OH is 1. The number of carbonyl (C=O) groups is 1. The molecule has 1 unspecified atom stereocenters. The fourth-order valence-corrected chi connectivity index (χ4v) is 6.40. The minimum Gasteiger partial charge on any atom is -0.385 e. The van der Waals surface area contributed by atoms with Crippen molar-refractivity contribution in [3.8, 4) is 11.3 Å². The smallest absolute Gasteiger partial charge is 0.252 e. The lowest BCUT2D eigenvalue weighted by atomic mass is 9.85. The molecule has 0 radical (unpaired) electrons. The van der Waals surface area contributed by atoms with E-state index < -0.39 is 71.1 Å². The van der Waals surface area contributed by atoms with Crippen molar-refractivity contribution in [3.05, 3.63) is 83.6 Å². The van der Waals surface area contributed by atoms with Crippen LogP contribution in [0.15, 0.2) is 54.7 Å². The van der Waals surface area contributed by atoms with Crippen LogP contribution in [0.3, 0.4) is 0 Å². The van der Waals surface area contributed by atoms with Gasteiger partial charge in [-0.1, -0.05) is 29.5 Å².